The summed E-state index contributed by atoms with van der Waals surface area (Å²) in [6.07, 6.45) is 3.91. The first kappa shape index (κ1) is 8.69. The summed E-state index contributed by atoms with van der Waals surface area (Å²) >= 11 is 2.59. The molecular weight excluding hydrogens is 184 g/mol. The maximum atomic E-state index is 10.4. The third-order valence-electron chi connectivity index (χ3n) is 0.875. The Balaban J connectivity index is 3.06. The highest BCUT2D eigenvalue weighted by Gasteiger charge is 1.97. The standard InChI is InChI=1S/C6H9BrO2/c1-2-3-4-5-6(8)9-7/h2H,1,3-5H2. The van der Waals surface area contributed by atoms with Gasteiger partial charge in [-0.15, -0.1) is 6.58 Å². The highest BCUT2D eigenvalue weighted by molar-refractivity contribution is 9.06. The predicted molar refractivity (Wildman–Crippen MR) is 39.1 cm³/mol. The molecule has 0 saturated heterocycles. The molecular formula is C6H9BrO2. The molecule has 0 spiro atoms. The van der Waals surface area contributed by atoms with Gasteiger partial charge in [-0.25, -0.2) is 0 Å². The van der Waals surface area contributed by atoms with Crippen molar-refractivity contribution in [1.29, 1.82) is 0 Å². The molecule has 0 amide bonds. The van der Waals surface area contributed by atoms with Crippen LogP contribution in [-0.2, 0) is 8.62 Å². The van der Waals surface area contributed by atoms with Crippen molar-refractivity contribution in [3.63, 3.8) is 0 Å². The maximum Gasteiger partial charge on any atom is 0.317 e. The molecule has 0 bridgehead atoms. The largest absolute Gasteiger partial charge is 0.384 e. The van der Waals surface area contributed by atoms with Gasteiger partial charge in [-0.1, -0.05) is 6.08 Å². The molecule has 0 fully saturated rings. The Hall–Kier alpha value is -0.310. The molecule has 0 rings (SSSR count). The molecule has 0 N–H and O–H groups in total. The van der Waals surface area contributed by atoms with Crippen molar-refractivity contribution in [2.24, 2.45) is 0 Å². The fourth-order valence-corrected chi connectivity index (χ4v) is 0.591. The number of halogens is 1. The third-order valence-corrected chi connectivity index (χ3v) is 1.24. The number of rotatable bonds is 4. The fraction of sp³-hybridized carbons (Fsp3) is 0.500. The average Bonchev–Trinajstić information content (AvgIpc) is 1.89. The summed E-state index contributed by atoms with van der Waals surface area (Å²) in [4.78, 5) is 10.4. The highest BCUT2D eigenvalue weighted by Crippen LogP contribution is 1.99. The minimum Gasteiger partial charge on any atom is -0.384 e. The number of hydrogen-bond donors (Lipinski definition) is 0. The van der Waals surface area contributed by atoms with E-state index in [9.17, 15) is 4.79 Å². The van der Waals surface area contributed by atoms with Crippen molar-refractivity contribution in [3.8, 4) is 0 Å². The SMILES string of the molecule is C=CCCCC(=O)OBr. The minimum absolute atomic E-state index is 0.225. The van der Waals surface area contributed by atoms with E-state index in [0.29, 0.717) is 6.42 Å². The molecule has 0 radical (unpaired) electrons. The minimum atomic E-state index is -0.225. The first-order valence-corrected chi connectivity index (χ1v) is 3.38. The van der Waals surface area contributed by atoms with E-state index in [-0.39, 0.29) is 5.97 Å². The van der Waals surface area contributed by atoms with E-state index < -0.39 is 0 Å². The van der Waals surface area contributed by atoms with Gasteiger partial charge in [-0.2, -0.15) is 0 Å². The lowest BCUT2D eigenvalue weighted by Crippen LogP contribution is -1.94. The van der Waals surface area contributed by atoms with Gasteiger partial charge in [0.05, 0.1) is 0 Å². The van der Waals surface area contributed by atoms with Crippen LogP contribution in [0.2, 0.25) is 0 Å². The van der Waals surface area contributed by atoms with Crippen LogP contribution in [0.3, 0.4) is 0 Å². The molecule has 9 heavy (non-hydrogen) atoms. The molecule has 0 unspecified atom stereocenters. The third kappa shape index (κ3) is 5.56. The summed E-state index contributed by atoms with van der Waals surface area (Å²) in [5, 5.41) is 0. The van der Waals surface area contributed by atoms with Gasteiger partial charge >= 0.3 is 5.97 Å². The quantitative estimate of drug-likeness (QED) is 0.505. The Morgan fingerprint density at radius 3 is 2.89 bits per heavy atom. The Bertz CT molecular complexity index is 101. The van der Waals surface area contributed by atoms with Crippen molar-refractivity contribution >= 4 is 22.2 Å². The number of carbonyl (C=O) groups excluding carboxylic acids is 1. The molecule has 0 atom stereocenters. The molecule has 0 aliphatic carbocycles. The Morgan fingerprint density at radius 2 is 2.44 bits per heavy atom. The normalized spacial score (nSPS) is 8.56. The van der Waals surface area contributed by atoms with Crippen LogP contribution < -0.4 is 0 Å². The second kappa shape index (κ2) is 5.82. The molecule has 0 aromatic heterocycles. The van der Waals surface area contributed by atoms with Crippen molar-refractivity contribution in [2.75, 3.05) is 0 Å². The zero-order valence-corrected chi connectivity index (χ0v) is 6.69. The van der Waals surface area contributed by atoms with E-state index in [4.69, 9.17) is 0 Å². The van der Waals surface area contributed by atoms with E-state index >= 15 is 0 Å². The summed E-state index contributed by atoms with van der Waals surface area (Å²) in [6, 6.07) is 0. The predicted octanol–water partition coefficient (Wildman–Crippen LogP) is 2.20. The smallest absolute Gasteiger partial charge is 0.317 e. The molecule has 0 saturated carbocycles. The van der Waals surface area contributed by atoms with E-state index in [1.807, 2.05) is 0 Å². The molecule has 0 aromatic rings. The molecule has 0 aromatic carbocycles. The Labute approximate surface area is 63.3 Å². The van der Waals surface area contributed by atoms with Crippen molar-refractivity contribution < 1.29 is 8.62 Å². The first-order chi connectivity index (χ1) is 4.31. The van der Waals surface area contributed by atoms with Crippen LogP contribution in [0.1, 0.15) is 19.3 Å². The van der Waals surface area contributed by atoms with Crippen molar-refractivity contribution in [1.82, 2.24) is 0 Å². The van der Waals surface area contributed by atoms with Gasteiger partial charge in [-0.05, 0) is 12.8 Å². The highest BCUT2D eigenvalue weighted by atomic mass is 79.9. The molecule has 0 aliphatic heterocycles. The molecule has 0 aliphatic rings. The van der Waals surface area contributed by atoms with Crippen molar-refractivity contribution in [3.05, 3.63) is 12.7 Å². The van der Waals surface area contributed by atoms with Gasteiger partial charge in [-0.3, -0.25) is 4.79 Å². The zero-order valence-electron chi connectivity index (χ0n) is 5.10. The van der Waals surface area contributed by atoms with Crippen LogP contribution in [0.5, 0.6) is 0 Å². The van der Waals surface area contributed by atoms with Crippen molar-refractivity contribution in [2.45, 2.75) is 19.3 Å². The van der Waals surface area contributed by atoms with Gasteiger partial charge in [0.25, 0.3) is 0 Å². The first-order valence-electron chi connectivity index (χ1n) is 2.73. The van der Waals surface area contributed by atoms with Gasteiger partial charge in [0, 0.05) is 6.42 Å². The second-order valence-corrected chi connectivity index (χ2v) is 1.95. The lowest BCUT2D eigenvalue weighted by atomic mass is 10.2. The van der Waals surface area contributed by atoms with Crippen LogP contribution in [0, 0.1) is 0 Å². The summed E-state index contributed by atoms with van der Waals surface area (Å²) in [5.41, 5.74) is 0. The van der Waals surface area contributed by atoms with Gasteiger partial charge in [0.2, 0.25) is 0 Å². The summed E-state index contributed by atoms with van der Waals surface area (Å²) in [7, 11) is 0. The summed E-state index contributed by atoms with van der Waals surface area (Å²) in [5.74, 6) is -0.225. The van der Waals surface area contributed by atoms with Crippen LogP contribution in [0.4, 0.5) is 0 Å². The number of hydrogen-bond acceptors (Lipinski definition) is 2. The molecule has 52 valence electrons. The van der Waals surface area contributed by atoms with Crippen LogP contribution >= 0.6 is 16.3 Å². The number of allylic oxidation sites excluding steroid dienone is 1. The Morgan fingerprint density at radius 1 is 1.78 bits per heavy atom. The van der Waals surface area contributed by atoms with Crippen LogP contribution in [0.25, 0.3) is 0 Å². The van der Waals surface area contributed by atoms with E-state index in [0.717, 1.165) is 12.8 Å². The van der Waals surface area contributed by atoms with Crippen LogP contribution in [-0.4, -0.2) is 5.97 Å². The van der Waals surface area contributed by atoms with Gasteiger partial charge < -0.3 is 3.83 Å². The fourth-order valence-electron chi connectivity index (χ4n) is 0.429. The average molecular weight is 193 g/mol. The van der Waals surface area contributed by atoms with Gasteiger partial charge in [0.15, 0.2) is 16.3 Å². The van der Waals surface area contributed by atoms with Gasteiger partial charge in [0.1, 0.15) is 0 Å². The Kier molecular flexibility index (Phi) is 5.62. The summed E-state index contributed by atoms with van der Waals surface area (Å²) < 4.78 is 4.24. The summed E-state index contributed by atoms with van der Waals surface area (Å²) in [6.45, 7) is 3.52. The molecule has 0 heterocycles. The molecule has 2 nitrogen and oxygen atoms in total. The lowest BCUT2D eigenvalue weighted by Gasteiger charge is -1.91. The lowest BCUT2D eigenvalue weighted by molar-refractivity contribution is -0.132. The zero-order chi connectivity index (χ0) is 7.11. The monoisotopic (exact) mass is 192 g/mol. The molecule has 3 heteroatoms. The van der Waals surface area contributed by atoms with E-state index in [1.54, 1.807) is 6.08 Å². The van der Waals surface area contributed by atoms with Crippen LogP contribution in [0.15, 0.2) is 12.7 Å². The second-order valence-electron chi connectivity index (χ2n) is 1.63. The van der Waals surface area contributed by atoms with E-state index in [2.05, 4.69) is 26.7 Å². The number of carbonyl (C=O) groups is 1. The topological polar surface area (TPSA) is 26.3 Å². The maximum absolute atomic E-state index is 10.4. The number of unbranched alkanes of at least 4 members (excludes halogenated alkanes) is 1. The van der Waals surface area contributed by atoms with E-state index in [1.165, 1.54) is 0 Å².